The Balaban J connectivity index is 0.000000533. The number of hydrogen-bond donors (Lipinski definition) is 0. The van der Waals surface area contributed by atoms with Crippen molar-refractivity contribution in [3.8, 4) is 0 Å². The third kappa shape index (κ3) is 11.9. The molecule has 0 radical (unpaired) electrons. The topological polar surface area (TPSA) is 0 Å². The zero-order chi connectivity index (χ0) is 27.1. The summed E-state index contributed by atoms with van der Waals surface area (Å²) in [5.41, 5.74) is 6.19. The Morgan fingerprint density at radius 1 is 0.605 bits per heavy atom. The van der Waals surface area contributed by atoms with Gasteiger partial charge in [-0.25, -0.2) is 11.1 Å². The summed E-state index contributed by atoms with van der Waals surface area (Å²) in [6.45, 7) is 22.2. The second kappa shape index (κ2) is 16.6. The summed E-state index contributed by atoms with van der Waals surface area (Å²) in [7, 11) is -1.06. The van der Waals surface area contributed by atoms with Gasteiger partial charge < -0.3 is 24.8 Å². The van der Waals surface area contributed by atoms with E-state index in [0.717, 1.165) is 0 Å². The molecule has 2 aliphatic rings. The molecule has 38 heavy (non-hydrogen) atoms. The van der Waals surface area contributed by atoms with Crippen molar-refractivity contribution in [2.45, 2.75) is 69.2 Å². The Kier molecular flexibility index (Phi) is 16.3. The van der Waals surface area contributed by atoms with Crippen LogP contribution in [0.2, 0.25) is 0 Å². The van der Waals surface area contributed by atoms with E-state index in [1.165, 1.54) is 43.6 Å². The SMILES string of the molecule is CC1=[C-]C(C)C=C1C(C)(C)C.CC1=[C-]C(C)C=C1C(C)(C)C.[Cl-].[Cl-].[Hf+2]=[Ge]([c]1ccccc1)[c]1ccccc1. The maximum atomic E-state index is 3.40. The minimum absolute atomic E-state index is 0. The summed E-state index contributed by atoms with van der Waals surface area (Å²) < 4.78 is 3.20. The molecule has 0 heterocycles. The van der Waals surface area contributed by atoms with Crippen molar-refractivity contribution in [1.82, 2.24) is 0 Å². The van der Waals surface area contributed by atoms with Crippen LogP contribution in [0.15, 0.2) is 95.1 Å². The van der Waals surface area contributed by atoms with Gasteiger partial charge in [-0.05, 0) is 0 Å². The maximum absolute atomic E-state index is 3.40. The van der Waals surface area contributed by atoms with E-state index in [1.54, 1.807) is 8.79 Å². The molecule has 0 spiro atoms. The fourth-order valence-electron chi connectivity index (χ4n) is 4.67. The average molecular weight is 775 g/mol. The van der Waals surface area contributed by atoms with Crippen LogP contribution in [0, 0.1) is 34.8 Å². The number of halogens is 2. The van der Waals surface area contributed by atoms with Gasteiger partial charge in [-0.15, -0.1) is 0 Å². The fourth-order valence-corrected chi connectivity index (χ4v) is 13.8. The van der Waals surface area contributed by atoms with Gasteiger partial charge in [-0.1, -0.05) is 91.9 Å². The molecule has 0 saturated heterocycles. The Labute approximate surface area is 262 Å². The van der Waals surface area contributed by atoms with Gasteiger partial charge in [0.15, 0.2) is 0 Å². The minimum atomic E-state index is -1.06. The molecule has 2 aromatic carbocycles. The van der Waals surface area contributed by atoms with E-state index in [0.29, 0.717) is 22.7 Å². The number of rotatable bonds is 2. The average Bonchev–Trinajstić information content (AvgIpc) is 3.35. The molecule has 0 N–H and O–H groups in total. The molecule has 204 valence electrons. The van der Waals surface area contributed by atoms with Crippen molar-refractivity contribution in [3.63, 3.8) is 0 Å². The Hall–Kier alpha value is -0.607. The third-order valence-corrected chi connectivity index (χ3v) is 20.9. The molecule has 0 aliphatic heterocycles. The van der Waals surface area contributed by atoms with Gasteiger partial charge in [0.25, 0.3) is 0 Å². The van der Waals surface area contributed by atoms with Crippen molar-refractivity contribution in [3.05, 3.63) is 107 Å². The van der Waals surface area contributed by atoms with Crippen LogP contribution in [0.3, 0.4) is 0 Å². The molecule has 0 amide bonds. The van der Waals surface area contributed by atoms with Crippen LogP contribution in [-0.4, -0.2) is 10.1 Å². The van der Waals surface area contributed by atoms with E-state index in [4.69, 9.17) is 0 Å². The molecule has 0 fully saturated rings. The predicted octanol–water partition coefficient (Wildman–Crippen LogP) is 2.06. The van der Waals surface area contributed by atoms with Crippen LogP contribution >= 0.6 is 0 Å². The molecule has 2 aliphatic carbocycles. The molecule has 0 saturated carbocycles. The predicted molar refractivity (Wildman–Crippen MR) is 156 cm³/mol. The molecule has 2 aromatic rings. The molecule has 0 aromatic heterocycles. The summed E-state index contributed by atoms with van der Waals surface area (Å²) in [6, 6.07) is 22.0. The van der Waals surface area contributed by atoms with Crippen LogP contribution in [0.25, 0.3) is 0 Å². The van der Waals surface area contributed by atoms with E-state index in [2.05, 4.69) is 154 Å². The van der Waals surface area contributed by atoms with E-state index in [1.807, 2.05) is 0 Å². The zero-order valence-electron chi connectivity index (χ0n) is 24.8. The molecular formula is C34H44Cl2GeHf-2. The van der Waals surface area contributed by atoms with Gasteiger partial charge in [-0.2, -0.15) is 23.3 Å². The first kappa shape index (κ1) is 37.4. The fraction of sp³-hybridized carbons (Fsp3) is 0.412. The quantitative estimate of drug-likeness (QED) is 0.325. The van der Waals surface area contributed by atoms with Gasteiger partial charge in [0.05, 0.1) is 0 Å². The second-order valence-corrected chi connectivity index (χ2v) is 25.2. The Morgan fingerprint density at radius 2 is 0.895 bits per heavy atom. The first-order valence-electron chi connectivity index (χ1n) is 13.0. The number of hydrogen-bond acceptors (Lipinski definition) is 0. The standard InChI is InChI=1S/C12H10Ge.2C11H17.2ClH.Hf/c1-3-7-11(8-4-1)13-12-9-5-2-6-10-12;2*1-8-6-9(2)10(7-8)11(3,4)5;;;/h1-10H;2*7-8H,1-5H3;2*1H;/q;2*-1;;;+2/p-2. The molecule has 4 rings (SSSR count). The van der Waals surface area contributed by atoms with E-state index in [9.17, 15) is 0 Å². The van der Waals surface area contributed by atoms with Crippen LogP contribution in [0.1, 0.15) is 69.2 Å². The molecule has 4 heteroatoms. The summed E-state index contributed by atoms with van der Waals surface area (Å²) in [5, 5.41) is 0. The van der Waals surface area contributed by atoms with E-state index < -0.39 is 10.1 Å². The Bertz CT molecular complexity index is 1050. The number of allylic oxidation sites excluding steroid dienone is 8. The molecule has 0 nitrogen and oxygen atoms in total. The van der Waals surface area contributed by atoms with Gasteiger partial charge in [-0.3, -0.25) is 12.2 Å². The van der Waals surface area contributed by atoms with Crippen molar-refractivity contribution < 1.29 is 46.1 Å². The van der Waals surface area contributed by atoms with Crippen LogP contribution < -0.4 is 33.6 Å². The first-order valence-corrected chi connectivity index (χ1v) is 25.5. The summed E-state index contributed by atoms with van der Waals surface area (Å²) in [6.07, 6.45) is 11.4. The van der Waals surface area contributed by atoms with Gasteiger partial charge in [0, 0.05) is 0 Å². The van der Waals surface area contributed by atoms with Crippen molar-refractivity contribution in [2.75, 3.05) is 0 Å². The Morgan fingerprint density at radius 3 is 1.08 bits per heavy atom. The molecular weight excluding hydrogens is 730 g/mol. The van der Waals surface area contributed by atoms with Gasteiger partial charge >= 0.3 is 101 Å². The first-order chi connectivity index (χ1) is 16.7. The van der Waals surface area contributed by atoms with Crippen LogP contribution in [0.4, 0.5) is 0 Å². The van der Waals surface area contributed by atoms with Gasteiger partial charge in [0.2, 0.25) is 0 Å². The summed E-state index contributed by atoms with van der Waals surface area (Å²) >= 11 is 1.33. The van der Waals surface area contributed by atoms with E-state index >= 15 is 0 Å². The number of benzene rings is 2. The monoisotopic (exact) mass is 776 g/mol. The molecule has 2 unspecified atom stereocenters. The van der Waals surface area contributed by atoms with Crippen molar-refractivity contribution in [2.24, 2.45) is 22.7 Å². The van der Waals surface area contributed by atoms with Crippen molar-refractivity contribution in [1.29, 1.82) is 0 Å². The van der Waals surface area contributed by atoms with Gasteiger partial charge in [0.1, 0.15) is 0 Å². The summed E-state index contributed by atoms with van der Waals surface area (Å²) in [4.78, 5) is 0. The molecule has 0 bridgehead atoms. The molecule has 2 atom stereocenters. The normalized spacial score (nSPS) is 18.1. The second-order valence-electron chi connectivity index (χ2n) is 11.9. The third-order valence-electron chi connectivity index (χ3n) is 6.27. The summed E-state index contributed by atoms with van der Waals surface area (Å²) in [5.74, 6) is 1.04. The van der Waals surface area contributed by atoms with Crippen LogP contribution in [0.5, 0.6) is 0 Å². The van der Waals surface area contributed by atoms with E-state index in [-0.39, 0.29) is 24.8 Å². The zero-order valence-corrected chi connectivity index (χ0v) is 32.0. The van der Waals surface area contributed by atoms with Crippen LogP contribution in [-0.2, 0) is 21.3 Å². The van der Waals surface area contributed by atoms with Crippen molar-refractivity contribution >= 4 is 18.8 Å².